The van der Waals surface area contributed by atoms with Gasteiger partial charge in [0.1, 0.15) is 5.56 Å². The van der Waals surface area contributed by atoms with E-state index in [2.05, 4.69) is 10.1 Å². The lowest BCUT2D eigenvalue weighted by Gasteiger charge is -2.19. The van der Waals surface area contributed by atoms with Crippen molar-refractivity contribution in [3.8, 4) is 5.82 Å². The lowest BCUT2D eigenvalue weighted by Crippen LogP contribution is -2.28. The summed E-state index contributed by atoms with van der Waals surface area (Å²) in [6, 6.07) is 5.45. The Hall–Kier alpha value is -2.50. The number of hydrogen-bond donors (Lipinski definition) is 0. The van der Waals surface area contributed by atoms with Gasteiger partial charge in [-0.1, -0.05) is 6.07 Å². The molecule has 0 saturated heterocycles. The van der Waals surface area contributed by atoms with E-state index in [4.69, 9.17) is 4.74 Å². The Morgan fingerprint density at radius 1 is 1.29 bits per heavy atom. The number of hydrogen-bond acceptors (Lipinski definition) is 5. The van der Waals surface area contributed by atoms with Crippen molar-refractivity contribution in [3.05, 3.63) is 41.3 Å². The number of esters is 2. The number of ether oxygens (including phenoxy) is 1. The van der Waals surface area contributed by atoms with Gasteiger partial charge < -0.3 is 4.74 Å². The first-order valence-electron chi connectivity index (χ1n) is 6.66. The fourth-order valence-corrected chi connectivity index (χ4v) is 2.44. The van der Waals surface area contributed by atoms with Gasteiger partial charge in [0.2, 0.25) is 0 Å². The summed E-state index contributed by atoms with van der Waals surface area (Å²) in [4.78, 5) is 28.4. The van der Waals surface area contributed by atoms with E-state index < -0.39 is 17.4 Å². The van der Waals surface area contributed by atoms with Crippen molar-refractivity contribution < 1.29 is 14.3 Å². The molecule has 1 aliphatic heterocycles. The van der Waals surface area contributed by atoms with E-state index in [0.29, 0.717) is 29.2 Å². The van der Waals surface area contributed by atoms with Crippen LogP contribution in [-0.4, -0.2) is 26.7 Å². The molecular formula is C15H15N3O3. The summed E-state index contributed by atoms with van der Waals surface area (Å²) < 4.78 is 6.55. The fraction of sp³-hybridized carbons (Fsp3) is 0.333. The molecule has 0 atom stereocenters. The molecule has 0 aromatic carbocycles. The molecule has 2 aromatic heterocycles. The number of pyridine rings is 1. The maximum absolute atomic E-state index is 12.2. The first-order chi connectivity index (χ1) is 9.90. The van der Waals surface area contributed by atoms with Crippen LogP contribution in [-0.2, 0) is 16.0 Å². The lowest BCUT2D eigenvalue weighted by molar-refractivity contribution is -0.147. The van der Waals surface area contributed by atoms with Crippen molar-refractivity contribution in [2.24, 2.45) is 5.41 Å². The highest BCUT2D eigenvalue weighted by molar-refractivity contribution is 6.01. The first-order valence-corrected chi connectivity index (χ1v) is 6.66. The van der Waals surface area contributed by atoms with Gasteiger partial charge in [-0.05, 0) is 32.9 Å². The quantitative estimate of drug-likeness (QED) is 0.590. The number of aryl methyl sites for hydroxylation is 1. The third-order valence-electron chi connectivity index (χ3n) is 3.57. The zero-order valence-corrected chi connectivity index (χ0v) is 12.1. The van der Waals surface area contributed by atoms with Crippen molar-refractivity contribution in [2.75, 3.05) is 0 Å². The number of carbonyl (C=O) groups is 2. The van der Waals surface area contributed by atoms with Crippen molar-refractivity contribution >= 4 is 11.9 Å². The molecule has 3 heterocycles. The molecule has 3 rings (SSSR count). The van der Waals surface area contributed by atoms with Gasteiger partial charge in [0.25, 0.3) is 0 Å². The average molecular weight is 285 g/mol. The Labute approximate surface area is 121 Å². The van der Waals surface area contributed by atoms with Crippen LogP contribution < -0.4 is 0 Å². The molecule has 6 nitrogen and oxygen atoms in total. The van der Waals surface area contributed by atoms with Crippen LogP contribution in [0.3, 0.4) is 0 Å². The normalized spacial score (nSPS) is 17.1. The maximum atomic E-state index is 12.2. The largest absolute Gasteiger partial charge is 0.389 e. The SMILES string of the molecule is Cc1nn(-c2ccccn2)c2c1C(=O)OC(=O)C(C)(C)C2. The summed E-state index contributed by atoms with van der Waals surface area (Å²) in [7, 11) is 0. The monoisotopic (exact) mass is 285 g/mol. The summed E-state index contributed by atoms with van der Waals surface area (Å²) >= 11 is 0. The third-order valence-corrected chi connectivity index (χ3v) is 3.57. The Bertz CT molecular complexity index is 732. The second-order valence-corrected chi connectivity index (χ2v) is 5.74. The van der Waals surface area contributed by atoms with Gasteiger partial charge in [0.05, 0.1) is 16.8 Å². The lowest BCUT2D eigenvalue weighted by atomic mass is 9.87. The minimum atomic E-state index is -0.792. The van der Waals surface area contributed by atoms with E-state index in [0.717, 1.165) is 0 Å². The van der Waals surface area contributed by atoms with Gasteiger partial charge in [-0.3, -0.25) is 4.79 Å². The molecule has 0 spiro atoms. The van der Waals surface area contributed by atoms with E-state index >= 15 is 0 Å². The Balaban J connectivity index is 2.23. The summed E-state index contributed by atoms with van der Waals surface area (Å²) in [5.41, 5.74) is 0.762. The van der Waals surface area contributed by atoms with Gasteiger partial charge in [-0.25, -0.2) is 14.5 Å². The molecule has 108 valence electrons. The van der Waals surface area contributed by atoms with Crippen LogP contribution in [0, 0.1) is 12.3 Å². The van der Waals surface area contributed by atoms with Crippen molar-refractivity contribution in [1.29, 1.82) is 0 Å². The van der Waals surface area contributed by atoms with Crippen LogP contribution in [0.5, 0.6) is 0 Å². The summed E-state index contributed by atoms with van der Waals surface area (Å²) in [6.07, 6.45) is 2.02. The van der Waals surface area contributed by atoms with Crippen LogP contribution in [0.25, 0.3) is 5.82 Å². The summed E-state index contributed by atoms with van der Waals surface area (Å²) in [5.74, 6) is -0.546. The minimum Gasteiger partial charge on any atom is -0.389 e. The number of rotatable bonds is 1. The van der Waals surface area contributed by atoms with Crippen LogP contribution >= 0.6 is 0 Å². The van der Waals surface area contributed by atoms with E-state index in [1.165, 1.54) is 0 Å². The van der Waals surface area contributed by atoms with Crippen molar-refractivity contribution in [1.82, 2.24) is 14.8 Å². The zero-order valence-electron chi connectivity index (χ0n) is 12.1. The Morgan fingerprint density at radius 2 is 2.05 bits per heavy atom. The predicted molar refractivity (Wildman–Crippen MR) is 74.0 cm³/mol. The molecule has 0 saturated carbocycles. The Morgan fingerprint density at radius 3 is 2.71 bits per heavy atom. The summed E-state index contributed by atoms with van der Waals surface area (Å²) in [5, 5.41) is 4.39. The third kappa shape index (κ3) is 2.12. The van der Waals surface area contributed by atoms with Gasteiger partial charge in [-0.2, -0.15) is 5.10 Å². The van der Waals surface area contributed by atoms with Gasteiger partial charge in [0, 0.05) is 12.6 Å². The fourth-order valence-electron chi connectivity index (χ4n) is 2.44. The standard InChI is InChI=1S/C15H15N3O3/c1-9-12-10(8-15(2,3)14(20)21-13(12)19)18(17-9)11-6-4-5-7-16-11/h4-7H,8H2,1-3H3. The Kier molecular flexibility index (Phi) is 2.90. The van der Waals surface area contributed by atoms with E-state index in [-0.39, 0.29) is 0 Å². The molecule has 0 N–H and O–H groups in total. The molecule has 0 unspecified atom stereocenters. The van der Waals surface area contributed by atoms with Crippen molar-refractivity contribution in [2.45, 2.75) is 27.2 Å². The number of fused-ring (bicyclic) bond motifs is 1. The first kappa shape index (κ1) is 13.5. The smallest absolute Gasteiger partial charge is 0.349 e. The highest BCUT2D eigenvalue weighted by atomic mass is 16.6. The molecule has 0 amide bonds. The van der Waals surface area contributed by atoms with Gasteiger partial charge >= 0.3 is 11.9 Å². The van der Waals surface area contributed by atoms with E-state index in [1.807, 2.05) is 6.07 Å². The van der Waals surface area contributed by atoms with Crippen molar-refractivity contribution in [3.63, 3.8) is 0 Å². The molecule has 21 heavy (non-hydrogen) atoms. The highest BCUT2D eigenvalue weighted by Gasteiger charge is 2.40. The number of cyclic esters (lactones) is 2. The molecule has 1 aliphatic rings. The van der Waals surface area contributed by atoms with E-state index in [9.17, 15) is 9.59 Å². The summed E-state index contributed by atoms with van der Waals surface area (Å²) in [6.45, 7) is 5.23. The molecule has 0 fully saturated rings. The van der Waals surface area contributed by atoms with E-state index in [1.54, 1.807) is 43.8 Å². The van der Waals surface area contributed by atoms with Crippen LogP contribution in [0.1, 0.15) is 35.6 Å². The number of nitrogens with zero attached hydrogens (tertiary/aromatic N) is 3. The van der Waals surface area contributed by atoms with Crippen LogP contribution in [0.15, 0.2) is 24.4 Å². The second kappa shape index (κ2) is 4.51. The molecule has 0 radical (unpaired) electrons. The van der Waals surface area contributed by atoms with Gasteiger partial charge in [-0.15, -0.1) is 0 Å². The second-order valence-electron chi connectivity index (χ2n) is 5.74. The molecular weight excluding hydrogens is 270 g/mol. The zero-order chi connectivity index (χ0) is 15.2. The number of carbonyl (C=O) groups excluding carboxylic acids is 2. The topological polar surface area (TPSA) is 74.1 Å². The average Bonchev–Trinajstić information content (AvgIpc) is 2.71. The van der Waals surface area contributed by atoms with Crippen LogP contribution in [0.2, 0.25) is 0 Å². The number of aromatic nitrogens is 3. The van der Waals surface area contributed by atoms with Crippen LogP contribution in [0.4, 0.5) is 0 Å². The molecule has 0 aliphatic carbocycles. The minimum absolute atomic E-state index is 0.361. The molecule has 0 bridgehead atoms. The van der Waals surface area contributed by atoms with Gasteiger partial charge in [0.15, 0.2) is 5.82 Å². The molecule has 6 heteroatoms. The molecule has 2 aromatic rings. The maximum Gasteiger partial charge on any atom is 0.349 e. The highest BCUT2D eigenvalue weighted by Crippen LogP contribution is 2.32. The predicted octanol–water partition coefficient (Wildman–Crippen LogP) is 1.84.